The van der Waals surface area contributed by atoms with Crippen LogP contribution in [0, 0.1) is 0 Å². The van der Waals surface area contributed by atoms with Crippen molar-refractivity contribution in [2.24, 2.45) is 0 Å². The molecule has 11 rings (SSSR count). The van der Waals surface area contributed by atoms with E-state index in [0.29, 0.717) is 0 Å². The highest BCUT2D eigenvalue weighted by molar-refractivity contribution is 6.14. The van der Waals surface area contributed by atoms with E-state index < -0.39 is 0 Å². The van der Waals surface area contributed by atoms with Crippen LogP contribution in [0.3, 0.4) is 0 Å². The molecule has 0 unspecified atom stereocenters. The van der Waals surface area contributed by atoms with Gasteiger partial charge in [-0.2, -0.15) is 0 Å². The lowest BCUT2D eigenvalue weighted by Gasteiger charge is -2.26. The third-order valence-corrected chi connectivity index (χ3v) is 10.6. The molecule has 0 N–H and O–H groups in total. The summed E-state index contributed by atoms with van der Waals surface area (Å²) in [5, 5.41) is 9.33. The molecule has 2 heterocycles. The molecule has 0 aliphatic heterocycles. The number of hydrogen-bond donors (Lipinski definition) is 0. The van der Waals surface area contributed by atoms with E-state index in [1.54, 1.807) is 0 Å². The van der Waals surface area contributed by atoms with Crippen LogP contribution >= 0.6 is 0 Å². The number of nitrogens with zero attached hydrogens (tertiary/aromatic N) is 1. The van der Waals surface area contributed by atoms with Gasteiger partial charge in [-0.3, -0.25) is 0 Å². The molecule has 0 spiro atoms. The molecular formula is C50H31NO2. The largest absolute Gasteiger partial charge is 0.456 e. The van der Waals surface area contributed by atoms with Crippen molar-refractivity contribution in [1.82, 2.24) is 0 Å². The number of benzene rings is 9. The predicted molar refractivity (Wildman–Crippen MR) is 222 cm³/mol. The molecule has 0 atom stereocenters. The lowest BCUT2D eigenvalue weighted by molar-refractivity contribution is 0.669. The zero-order valence-electron chi connectivity index (χ0n) is 28.7. The van der Waals surface area contributed by atoms with Gasteiger partial charge in [-0.1, -0.05) is 121 Å². The summed E-state index contributed by atoms with van der Waals surface area (Å²) in [5.74, 6) is 0. The highest BCUT2D eigenvalue weighted by atomic mass is 16.3. The molecule has 0 fully saturated rings. The van der Waals surface area contributed by atoms with Gasteiger partial charge in [0.2, 0.25) is 0 Å². The standard InChI is InChI=1S/C50H31NO2/c1-2-11-36-31-49-44(29-35(36)10-1)43-30-37(23-28-47(43)53-49)32-19-24-38(25-20-32)51(45-16-8-18-48-50(45)42-14-5-6-17-46(42)52-48)39-26-21-34(22-27-39)41-15-7-12-33-9-3-4-13-40(33)41/h1-31H. The first-order chi connectivity index (χ1) is 26.2. The number of fused-ring (bicyclic) bond motifs is 8. The molecule has 9 aromatic carbocycles. The van der Waals surface area contributed by atoms with E-state index >= 15 is 0 Å². The highest BCUT2D eigenvalue weighted by Gasteiger charge is 2.20. The molecule has 0 aliphatic rings. The van der Waals surface area contributed by atoms with E-state index in [2.05, 4.69) is 181 Å². The Bertz CT molecular complexity index is 3160. The molecule has 3 heteroatoms. The SMILES string of the molecule is c1ccc2cc3c(cc2c1)oc1ccc(-c2ccc(N(c4ccc(-c5cccc6ccccc56)cc4)c4cccc5oc6ccccc6c45)cc2)cc13. The topological polar surface area (TPSA) is 29.5 Å². The third kappa shape index (κ3) is 4.82. The Morgan fingerprint density at radius 2 is 0.887 bits per heavy atom. The van der Waals surface area contributed by atoms with Crippen LogP contribution in [-0.4, -0.2) is 0 Å². The molecular weight excluding hydrogens is 647 g/mol. The van der Waals surface area contributed by atoms with Gasteiger partial charge < -0.3 is 13.7 Å². The first-order valence-corrected chi connectivity index (χ1v) is 18.0. The van der Waals surface area contributed by atoms with E-state index in [9.17, 15) is 0 Å². The Labute approximate surface area is 305 Å². The Morgan fingerprint density at radius 3 is 1.70 bits per heavy atom. The third-order valence-electron chi connectivity index (χ3n) is 10.6. The minimum absolute atomic E-state index is 0.867. The number of para-hydroxylation sites is 1. The van der Waals surface area contributed by atoms with Crippen LogP contribution in [0.1, 0.15) is 0 Å². The van der Waals surface area contributed by atoms with Gasteiger partial charge in [-0.05, 0) is 111 Å². The summed E-state index contributed by atoms with van der Waals surface area (Å²) in [6.07, 6.45) is 0. The Morgan fingerprint density at radius 1 is 0.321 bits per heavy atom. The van der Waals surface area contributed by atoms with Gasteiger partial charge in [0, 0.05) is 27.5 Å². The Hall–Kier alpha value is -7.10. The maximum absolute atomic E-state index is 6.36. The van der Waals surface area contributed by atoms with Crippen LogP contribution in [0.15, 0.2) is 197 Å². The number of hydrogen-bond acceptors (Lipinski definition) is 3. The van der Waals surface area contributed by atoms with Crippen LogP contribution in [0.5, 0.6) is 0 Å². The van der Waals surface area contributed by atoms with Crippen LogP contribution in [0.2, 0.25) is 0 Å². The summed E-state index contributed by atoms with van der Waals surface area (Å²) in [6.45, 7) is 0. The summed E-state index contributed by atoms with van der Waals surface area (Å²) in [6, 6.07) is 66.9. The average Bonchev–Trinajstić information content (AvgIpc) is 3.78. The van der Waals surface area contributed by atoms with E-state index in [1.165, 1.54) is 32.7 Å². The second-order valence-corrected chi connectivity index (χ2v) is 13.7. The second-order valence-electron chi connectivity index (χ2n) is 13.7. The van der Waals surface area contributed by atoms with Gasteiger partial charge in [-0.25, -0.2) is 0 Å². The van der Waals surface area contributed by atoms with Crippen LogP contribution in [-0.2, 0) is 0 Å². The van der Waals surface area contributed by atoms with Crippen LogP contribution < -0.4 is 4.90 Å². The molecule has 0 radical (unpaired) electrons. The average molecular weight is 678 g/mol. The fourth-order valence-electron chi connectivity index (χ4n) is 8.08. The fraction of sp³-hybridized carbons (Fsp3) is 0. The quantitative estimate of drug-likeness (QED) is 0.182. The van der Waals surface area contributed by atoms with Crippen molar-refractivity contribution in [2.45, 2.75) is 0 Å². The molecule has 0 aliphatic carbocycles. The maximum Gasteiger partial charge on any atom is 0.137 e. The zero-order chi connectivity index (χ0) is 34.9. The van der Waals surface area contributed by atoms with Gasteiger partial charge >= 0.3 is 0 Å². The second kappa shape index (κ2) is 11.7. The van der Waals surface area contributed by atoms with Gasteiger partial charge in [0.25, 0.3) is 0 Å². The minimum Gasteiger partial charge on any atom is -0.456 e. The molecule has 11 aromatic rings. The fourth-order valence-corrected chi connectivity index (χ4v) is 8.08. The van der Waals surface area contributed by atoms with Crippen LogP contribution in [0.4, 0.5) is 17.1 Å². The number of rotatable bonds is 5. The van der Waals surface area contributed by atoms with Gasteiger partial charge in [0.1, 0.15) is 22.3 Å². The van der Waals surface area contributed by atoms with Crippen LogP contribution in [0.25, 0.3) is 87.7 Å². The molecule has 53 heavy (non-hydrogen) atoms. The lowest BCUT2D eigenvalue weighted by atomic mass is 9.98. The van der Waals surface area contributed by atoms with Crippen molar-refractivity contribution in [3.8, 4) is 22.3 Å². The van der Waals surface area contributed by atoms with E-state index in [-0.39, 0.29) is 0 Å². The summed E-state index contributed by atoms with van der Waals surface area (Å²) in [4.78, 5) is 2.35. The highest BCUT2D eigenvalue weighted by Crippen LogP contribution is 2.44. The summed E-state index contributed by atoms with van der Waals surface area (Å²) < 4.78 is 12.7. The smallest absolute Gasteiger partial charge is 0.137 e. The van der Waals surface area contributed by atoms with Crippen molar-refractivity contribution < 1.29 is 8.83 Å². The van der Waals surface area contributed by atoms with E-state index in [1.807, 2.05) is 12.1 Å². The first kappa shape index (κ1) is 29.6. The van der Waals surface area contributed by atoms with Crippen molar-refractivity contribution >= 4 is 82.5 Å². The lowest BCUT2D eigenvalue weighted by Crippen LogP contribution is -2.10. The van der Waals surface area contributed by atoms with Gasteiger partial charge in [0.15, 0.2) is 0 Å². The van der Waals surface area contributed by atoms with E-state index in [0.717, 1.165) is 72.1 Å². The summed E-state index contributed by atoms with van der Waals surface area (Å²) in [5.41, 5.74) is 11.5. The molecule has 3 nitrogen and oxygen atoms in total. The maximum atomic E-state index is 6.36. The summed E-state index contributed by atoms with van der Waals surface area (Å²) in [7, 11) is 0. The molecule has 0 amide bonds. The number of anilines is 3. The minimum atomic E-state index is 0.867. The number of furan rings is 2. The van der Waals surface area contributed by atoms with Gasteiger partial charge in [0.05, 0.1) is 11.1 Å². The normalized spacial score (nSPS) is 11.8. The molecule has 2 aromatic heterocycles. The predicted octanol–water partition coefficient (Wildman–Crippen LogP) is 14.6. The van der Waals surface area contributed by atoms with Crippen molar-refractivity contribution in [1.29, 1.82) is 0 Å². The summed E-state index contributed by atoms with van der Waals surface area (Å²) >= 11 is 0. The molecule has 0 saturated heterocycles. The first-order valence-electron chi connectivity index (χ1n) is 18.0. The van der Waals surface area contributed by atoms with E-state index in [4.69, 9.17) is 8.83 Å². The van der Waals surface area contributed by atoms with Crippen molar-refractivity contribution in [3.63, 3.8) is 0 Å². The Kier molecular flexibility index (Phi) is 6.55. The van der Waals surface area contributed by atoms with Gasteiger partial charge in [-0.15, -0.1) is 0 Å². The zero-order valence-corrected chi connectivity index (χ0v) is 28.7. The molecule has 248 valence electrons. The molecule has 0 bridgehead atoms. The molecule has 0 saturated carbocycles. The Balaban J connectivity index is 1.04. The van der Waals surface area contributed by atoms with Crippen molar-refractivity contribution in [2.75, 3.05) is 4.90 Å². The van der Waals surface area contributed by atoms with Crippen molar-refractivity contribution in [3.05, 3.63) is 188 Å². The monoisotopic (exact) mass is 677 g/mol.